The number of ether oxygens (including phenoxy) is 1. The highest BCUT2D eigenvalue weighted by molar-refractivity contribution is 6.34. The van der Waals surface area contributed by atoms with Crippen LogP contribution in [-0.2, 0) is 0 Å². The van der Waals surface area contributed by atoms with Crippen LogP contribution in [0.5, 0.6) is 5.75 Å². The van der Waals surface area contributed by atoms with E-state index < -0.39 is 5.97 Å². The van der Waals surface area contributed by atoms with Gasteiger partial charge in [-0.3, -0.25) is 0 Å². The van der Waals surface area contributed by atoms with Crippen LogP contribution in [0.2, 0.25) is 5.02 Å². The molecule has 0 aliphatic rings. The lowest BCUT2D eigenvalue weighted by Crippen LogP contribution is -2.04. The number of nitrogens with zero attached hydrogens (tertiary/aromatic N) is 3. The number of aromatic nitrogens is 3. The fourth-order valence-electron chi connectivity index (χ4n) is 2.12. The SMILES string of the molecule is COc1cc2nonc2cc1-c1cc(C)c(Cl)c(C(=O)O)n1. The average molecular weight is 320 g/mol. The van der Waals surface area contributed by atoms with Gasteiger partial charge in [-0.1, -0.05) is 11.6 Å². The highest BCUT2D eigenvalue weighted by atomic mass is 35.5. The van der Waals surface area contributed by atoms with Crippen molar-refractivity contribution in [1.82, 2.24) is 15.3 Å². The Morgan fingerprint density at radius 3 is 2.59 bits per heavy atom. The smallest absolute Gasteiger partial charge is 0.356 e. The van der Waals surface area contributed by atoms with Gasteiger partial charge in [-0.2, -0.15) is 0 Å². The number of hydrogen-bond acceptors (Lipinski definition) is 6. The van der Waals surface area contributed by atoms with E-state index in [0.717, 1.165) is 0 Å². The second-order valence-electron chi connectivity index (χ2n) is 4.60. The number of pyridine rings is 1. The normalized spacial score (nSPS) is 10.9. The Balaban J connectivity index is 2.28. The van der Waals surface area contributed by atoms with E-state index in [1.165, 1.54) is 7.11 Å². The molecule has 0 atom stereocenters. The molecule has 0 saturated carbocycles. The maximum Gasteiger partial charge on any atom is 0.356 e. The van der Waals surface area contributed by atoms with Gasteiger partial charge in [-0.15, -0.1) is 0 Å². The highest BCUT2D eigenvalue weighted by Gasteiger charge is 2.18. The third kappa shape index (κ3) is 2.25. The van der Waals surface area contributed by atoms with Crippen molar-refractivity contribution in [2.45, 2.75) is 6.92 Å². The second-order valence-corrected chi connectivity index (χ2v) is 4.98. The minimum atomic E-state index is -1.20. The van der Waals surface area contributed by atoms with E-state index in [9.17, 15) is 9.90 Å². The minimum absolute atomic E-state index is 0.111. The lowest BCUT2D eigenvalue weighted by atomic mass is 10.1. The van der Waals surface area contributed by atoms with Crippen molar-refractivity contribution in [3.05, 3.63) is 34.5 Å². The molecule has 112 valence electrons. The molecule has 7 nitrogen and oxygen atoms in total. The van der Waals surface area contributed by atoms with Crippen molar-refractivity contribution >= 4 is 28.6 Å². The molecule has 8 heteroatoms. The number of carboxylic acid groups (broad SMARTS) is 1. The molecule has 22 heavy (non-hydrogen) atoms. The van der Waals surface area contributed by atoms with Crippen molar-refractivity contribution in [3.63, 3.8) is 0 Å². The number of benzene rings is 1. The Bertz CT molecular complexity index is 891. The fourth-order valence-corrected chi connectivity index (χ4v) is 2.30. The van der Waals surface area contributed by atoms with Crippen LogP contribution < -0.4 is 4.74 Å². The van der Waals surface area contributed by atoms with Gasteiger partial charge < -0.3 is 9.84 Å². The van der Waals surface area contributed by atoms with Crippen LogP contribution in [0.4, 0.5) is 0 Å². The van der Waals surface area contributed by atoms with Gasteiger partial charge in [0.2, 0.25) is 0 Å². The van der Waals surface area contributed by atoms with Gasteiger partial charge in [0.1, 0.15) is 16.8 Å². The number of aromatic carboxylic acids is 1. The summed E-state index contributed by atoms with van der Waals surface area (Å²) < 4.78 is 9.99. The first-order valence-electron chi connectivity index (χ1n) is 6.22. The first-order valence-corrected chi connectivity index (χ1v) is 6.60. The van der Waals surface area contributed by atoms with Gasteiger partial charge >= 0.3 is 5.97 Å². The molecule has 3 aromatic rings. The summed E-state index contributed by atoms with van der Waals surface area (Å²) in [7, 11) is 1.50. The molecule has 2 heterocycles. The summed E-state index contributed by atoms with van der Waals surface area (Å²) in [5, 5.41) is 16.8. The largest absolute Gasteiger partial charge is 0.496 e. The second kappa shape index (κ2) is 5.27. The molecule has 0 radical (unpaired) electrons. The molecule has 0 aliphatic heterocycles. The van der Waals surface area contributed by atoms with E-state index in [-0.39, 0.29) is 10.7 Å². The molecule has 1 aromatic carbocycles. The van der Waals surface area contributed by atoms with Crippen LogP contribution in [0.1, 0.15) is 16.1 Å². The molecule has 0 spiro atoms. The minimum Gasteiger partial charge on any atom is -0.496 e. The third-order valence-electron chi connectivity index (χ3n) is 3.19. The van der Waals surface area contributed by atoms with E-state index in [2.05, 4.69) is 19.9 Å². The number of carboxylic acids is 1. The topological polar surface area (TPSA) is 98.3 Å². The Labute approximate surface area is 129 Å². The monoisotopic (exact) mass is 319 g/mol. The zero-order valence-corrected chi connectivity index (χ0v) is 12.4. The summed E-state index contributed by atoms with van der Waals surface area (Å²) in [6, 6.07) is 5.01. The lowest BCUT2D eigenvalue weighted by Gasteiger charge is -2.10. The van der Waals surface area contributed by atoms with Crippen molar-refractivity contribution in [2.24, 2.45) is 0 Å². The molecular weight excluding hydrogens is 310 g/mol. The summed E-state index contributed by atoms with van der Waals surface area (Å²) in [6.45, 7) is 1.71. The summed E-state index contributed by atoms with van der Waals surface area (Å²) in [5.41, 5.74) is 2.43. The number of fused-ring (bicyclic) bond motifs is 1. The van der Waals surface area contributed by atoms with Crippen molar-refractivity contribution < 1.29 is 19.3 Å². The molecule has 3 rings (SSSR count). The molecule has 1 N–H and O–H groups in total. The predicted molar refractivity (Wildman–Crippen MR) is 78.3 cm³/mol. The summed E-state index contributed by atoms with van der Waals surface area (Å²) in [6.07, 6.45) is 0. The Kier molecular flexibility index (Phi) is 3.42. The van der Waals surface area contributed by atoms with Crippen LogP contribution in [0.25, 0.3) is 22.3 Å². The number of carbonyl (C=O) groups is 1. The Morgan fingerprint density at radius 1 is 1.27 bits per heavy atom. The molecule has 0 amide bonds. The summed E-state index contributed by atoms with van der Waals surface area (Å²) in [5.74, 6) is -0.716. The first kappa shape index (κ1) is 14.3. The predicted octanol–water partition coefficient (Wildman–Crippen LogP) is 2.95. The molecule has 0 unspecified atom stereocenters. The lowest BCUT2D eigenvalue weighted by molar-refractivity contribution is 0.0690. The van der Waals surface area contributed by atoms with Crippen LogP contribution in [0.15, 0.2) is 22.8 Å². The van der Waals surface area contributed by atoms with E-state index in [1.54, 1.807) is 25.1 Å². The van der Waals surface area contributed by atoms with Gasteiger partial charge in [-0.25, -0.2) is 14.4 Å². The van der Waals surface area contributed by atoms with Crippen LogP contribution in [0.3, 0.4) is 0 Å². The molecule has 0 bridgehead atoms. The Hall–Kier alpha value is -2.67. The quantitative estimate of drug-likeness (QED) is 0.792. The van der Waals surface area contributed by atoms with E-state index in [1.807, 2.05) is 0 Å². The Morgan fingerprint density at radius 2 is 1.95 bits per heavy atom. The first-order chi connectivity index (χ1) is 10.5. The third-order valence-corrected chi connectivity index (χ3v) is 3.67. The molecule has 0 saturated heterocycles. The van der Waals surface area contributed by atoms with Gasteiger partial charge in [0, 0.05) is 11.6 Å². The average Bonchev–Trinajstić information content (AvgIpc) is 2.95. The molecule has 0 fully saturated rings. The zero-order valence-electron chi connectivity index (χ0n) is 11.6. The molecule has 0 aliphatic carbocycles. The molecular formula is C14H10ClN3O4. The zero-order chi connectivity index (χ0) is 15.9. The van der Waals surface area contributed by atoms with Crippen molar-refractivity contribution in [1.29, 1.82) is 0 Å². The van der Waals surface area contributed by atoms with Gasteiger partial charge in [0.05, 0.1) is 17.8 Å². The van der Waals surface area contributed by atoms with Crippen LogP contribution in [-0.4, -0.2) is 33.5 Å². The summed E-state index contributed by atoms with van der Waals surface area (Å²) in [4.78, 5) is 15.4. The number of rotatable bonds is 3. The van der Waals surface area contributed by atoms with E-state index >= 15 is 0 Å². The van der Waals surface area contributed by atoms with Gasteiger partial charge in [0.25, 0.3) is 0 Å². The van der Waals surface area contributed by atoms with E-state index in [4.69, 9.17) is 16.3 Å². The molecule has 2 aromatic heterocycles. The number of halogens is 1. The maximum atomic E-state index is 11.3. The number of hydrogen-bond donors (Lipinski definition) is 1. The number of aryl methyl sites for hydroxylation is 1. The van der Waals surface area contributed by atoms with Gasteiger partial charge in [-0.05, 0) is 34.9 Å². The number of methoxy groups -OCH3 is 1. The van der Waals surface area contributed by atoms with Gasteiger partial charge in [0.15, 0.2) is 5.69 Å². The van der Waals surface area contributed by atoms with E-state index in [0.29, 0.717) is 33.6 Å². The van der Waals surface area contributed by atoms with Crippen LogP contribution >= 0.6 is 11.6 Å². The highest BCUT2D eigenvalue weighted by Crippen LogP contribution is 2.34. The maximum absolute atomic E-state index is 11.3. The summed E-state index contributed by atoms with van der Waals surface area (Å²) >= 11 is 5.99. The van der Waals surface area contributed by atoms with Crippen molar-refractivity contribution in [2.75, 3.05) is 7.11 Å². The van der Waals surface area contributed by atoms with Crippen LogP contribution in [0, 0.1) is 6.92 Å². The fraction of sp³-hybridized carbons (Fsp3) is 0.143. The van der Waals surface area contributed by atoms with Crippen molar-refractivity contribution in [3.8, 4) is 17.0 Å². The standard InChI is InChI=1S/C14H10ClN3O4/c1-6-3-8(16-13(12(6)15)14(19)20)7-4-9-10(18-22-17-9)5-11(7)21-2/h3-5H,1-2H3,(H,19,20).